The largest absolute Gasteiger partial charge is 0.434 e. The third-order valence-corrected chi connectivity index (χ3v) is 4.30. The summed E-state index contributed by atoms with van der Waals surface area (Å²) < 4.78 is 7.72. The smallest absolute Gasteiger partial charge is 0.227 e. The molecular weight excluding hydrogens is 372 g/mol. The third kappa shape index (κ3) is 2.17. The van der Waals surface area contributed by atoms with E-state index in [1.165, 1.54) is 0 Å². The Labute approximate surface area is 127 Å². The SMILES string of the molecule is Cc1c(Br)cccc1-c1nc2cc(Br)cc(N)c2o1. The van der Waals surface area contributed by atoms with Crippen molar-refractivity contribution in [2.75, 3.05) is 5.73 Å². The molecule has 0 radical (unpaired) electrons. The Hall–Kier alpha value is -1.33. The summed E-state index contributed by atoms with van der Waals surface area (Å²) in [4.78, 5) is 4.51. The molecule has 0 atom stereocenters. The Kier molecular flexibility index (Phi) is 3.11. The van der Waals surface area contributed by atoms with Crippen molar-refractivity contribution in [3.8, 4) is 11.5 Å². The Morgan fingerprint density at radius 1 is 1.21 bits per heavy atom. The molecule has 3 aromatic rings. The van der Waals surface area contributed by atoms with Gasteiger partial charge in [0.1, 0.15) is 5.52 Å². The van der Waals surface area contributed by atoms with Gasteiger partial charge in [-0.25, -0.2) is 4.98 Å². The molecule has 0 saturated heterocycles. The number of halogens is 2. The van der Waals surface area contributed by atoms with Crippen molar-refractivity contribution in [2.45, 2.75) is 6.92 Å². The molecule has 0 bridgehead atoms. The molecule has 5 heteroatoms. The first-order valence-corrected chi connectivity index (χ1v) is 7.26. The molecule has 1 heterocycles. The topological polar surface area (TPSA) is 52.0 Å². The van der Waals surface area contributed by atoms with E-state index in [9.17, 15) is 0 Å². The lowest BCUT2D eigenvalue weighted by Gasteiger charge is -2.02. The van der Waals surface area contributed by atoms with Crippen LogP contribution >= 0.6 is 31.9 Å². The predicted octanol–water partition coefficient (Wildman–Crippen LogP) is 4.91. The molecule has 2 N–H and O–H groups in total. The molecule has 0 amide bonds. The van der Waals surface area contributed by atoms with Crippen LogP contribution in [0.2, 0.25) is 0 Å². The van der Waals surface area contributed by atoms with Crippen molar-refractivity contribution >= 4 is 48.6 Å². The molecule has 0 fully saturated rings. The van der Waals surface area contributed by atoms with Gasteiger partial charge in [0.2, 0.25) is 5.89 Å². The molecule has 96 valence electrons. The first-order chi connectivity index (χ1) is 9.06. The zero-order valence-electron chi connectivity index (χ0n) is 10.1. The second kappa shape index (κ2) is 4.65. The van der Waals surface area contributed by atoms with E-state index >= 15 is 0 Å². The monoisotopic (exact) mass is 380 g/mol. The van der Waals surface area contributed by atoms with Gasteiger partial charge in [-0.3, -0.25) is 0 Å². The summed E-state index contributed by atoms with van der Waals surface area (Å²) in [6.45, 7) is 2.02. The molecule has 19 heavy (non-hydrogen) atoms. The minimum absolute atomic E-state index is 0.579. The quantitative estimate of drug-likeness (QED) is 0.609. The number of nitrogens with two attached hydrogens (primary N) is 1. The summed E-state index contributed by atoms with van der Waals surface area (Å²) >= 11 is 6.92. The van der Waals surface area contributed by atoms with Crippen molar-refractivity contribution in [2.24, 2.45) is 0 Å². The van der Waals surface area contributed by atoms with Gasteiger partial charge < -0.3 is 10.2 Å². The highest BCUT2D eigenvalue weighted by atomic mass is 79.9. The number of hydrogen-bond donors (Lipinski definition) is 1. The van der Waals surface area contributed by atoms with Crippen molar-refractivity contribution in [3.63, 3.8) is 0 Å². The fraction of sp³-hybridized carbons (Fsp3) is 0.0714. The van der Waals surface area contributed by atoms with Gasteiger partial charge in [-0.05, 0) is 36.8 Å². The highest BCUT2D eigenvalue weighted by Gasteiger charge is 2.14. The number of anilines is 1. The number of nitrogen functional groups attached to an aromatic ring is 1. The van der Waals surface area contributed by atoms with E-state index in [0.29, 0.717) is 17.2 Å². The summed E-state index contributed by atoms with van der Waals surface area (Å²) in [5.41, 5.74) is 9.95. The van der Waals surface area contributed by atoms with Gasteiger partial charge in [0.25, 0.3) is 0 Å². The lowest BCUT2D eigenvalue weighted by molar-refractivity contribution is 0.620. The van der Waals surface area contributed by atoms with Gasteiger partial charge in [0, 0.05) is 14.5 Å². The normalized spacial score (nSPS) is 11.1. The van der Waals surface area contributed by atoms with E-state index in [1.54, 1.807) is 0 Å². The van der Waals surface area contributed by atoms with E-state index in [-0.39, 0.29) is 0 Å². The van der Waals surface area contributed by atoms with Gasteiger partial charge in [-0.1, -0.05) is 37.9 Å². The maximum atomic E-state index is 5.94. The number of fused-ring (bicyclic) bond motifs is 1. The van der Waals surface area contributed by atoms with Gasteiger partial charge in [-0.15, -0.1) is 0 Å². The summed E-state index contributed by atoms with van der Waals surface area (Å²) in [5, 5.41) is 0. The lowest BCUT2D eigenvalue weighted by atomic mass is 10.1. The van der Waals surface area contributed by atoms with E-state index in [1.807, 2.05) is 37.3 Å². The van der Waals surface area contributed by atoms with E-state index in [0.717, 1.165) is 25.6 Å². The number of rotatable bonds is 1. The minimum atomic E-state index is 0.579. The van der Waals surface area contributed by atoms with Crippen LogP contribution in [-0.2, 0) is 0 Å². The van der Waals surface area contributed by atoms with Crippen LogP contribution in [0.5, 0.6) is 0 Å². The Bertz CT molecular complexity index is 780. The Morgan fingerprint density at radius 3 is 2.79 bits per heavy atom. The predicted molar refractivity (Wildman–Crippen MR) is 84.0 cm³/mol. The van der Waals surface area contributed by atoms with Gasteiger partial charge in [0.15, 0.2) is 5.58 Å². The standard InChI is InChI=1S/C14H10Br2N2O/c1-7-9(3-2-4-10(7)16)14-18-12-6-8(15)5-11(17)13(12)19-14/h2-6H,17H2,1H3. The summed E-state index contributed by atoms with van der Waals surface area (Å²) in [6.07, 6.45) is 0. The number of aromatic nitrogens is 1. The molecule has 0 aliphatic carbocycles. The first-order valence-electron chi connectivity index (χ1n) is 5.67. The molecule has 3 nitrogen and oxygen atoms in total. The maximum Gasteiger partial charge on any atom is 0.227 e. The van der Waals surface area contributed by atoms with Crippen LogP contribution in [0.4, 0.5) is 5.69 Å². The number of oxazole rings is 1. The fourth-order valence-electron chi connectivity index (χ4n) is 1.98. The van der Waals surface area contributed by atoms with Crippen LogP contribution in [0.15, 0.2) is 43.7 Å². The van der Waals surface area contributed by atoms with Crippen LogP contribution in [0.25, 0.3) is 22.6 Å². The van der Waals surface area contributed by atoms with Crippen LogP contribution in [0.1, 0.15) is 5.56 Å². The highest BCUT2D eigenvalue weighted by Crippen LogP contribution is 2.33. The second-order valence-electron chi connectivity index (χ2n) is 4.27. The van der Waals surface area contributed by atoms with Crippen LogP contribution in [0.3, 0.4) is 0 Å². The average molecular weight is 382 g/mol. The number of hydrogen-bond acceptors (Lipinski definition) is 3. The summed E-state index contributed by atoms with van der Waals surface area (Å²) in [6, 6.07) is 9.64. The molecular formula is C14H10Br2N2O. The van der Waals surface area contributed by atoms with Gasteiger partial charge >= 0.3 is 0 Å². The zero-order valence-corrected chi connectivity index (χ0v) is 13.2. The average Bonchev–Trinajstić information content (AvgIpc) is 2.76. The van der Waals surface area contributed by atoms with Crippen molar-refractivity contribution in [1.29, 1.82) is 0 Å². The Balaban J connectivity index is 2.26. The maximum absolute atomic E-state index is 5.94. The second-order valence-corrected chi connectivity index (χ2v) is 6.04. The van der Waals surface area contributed by atoms with Gasteiger partial charge in [0.05, 0.1) is 5.69 Å². The highest BCUT2D eigenvalue weighted by molar-refractivity contribution is 9.10. The molecule has 3 rings (SSSR count). The van der Waals surface area contributed by atoms with Crippen LogP contribution < -0.4 is 5.73 Å². The van der Waals surface area contributed by atoms with Crippen molar-refractivity contribution in [3.05, 3.63) is 44.8 Å². The molecule has 2 aromatic carbocycles. The molecule has 0 unspecified atom stereocenters. The number of nitrogens with zero attached hydrogens (tertiary/aromatic N) is 1. The molecule has 0 aliphatic rings. The minimum Gasteiger partial charge on any atom is -0.434 e. The Morgan fingerprint density at radius 2 is 2.00 bits per heavy atom. The molecule has 1 aromatic heterocycles. The fourth-order valence-corrected chi connectivity index (χ4v) is 2.81. The van der Waals surface area contributed by atoms with E-state index in [2.05, 4.69) is 36.8 Å². The molecule has 0 spiro atoms. The van der Waals surface area contributed by atoms with E-state index in [4.69, 9.17) is 10.2 Å². The lowest BCUT2D eigenvalue weighted by Crippen LogP contribution is -1.84. The van der Waals surface area contributed by atoms with Crippen molar-refractivity contribution < 1.29 is 4.42 Å². The van der Waals surface area contributed by atoms with Gasteiger partial charge in [-0.2, -0.15) is 0 Å². The van der Waals surface area contributed by atoms with Crippen LogP contribution in [0, 0.1) is 6.92 Å². The first kappa shape index (κ1) is 12.7. The number of benzene rings is 2. The zero-order chi connectivity index (χ0) is 13.6. The summed E-state index contributed by atoms with van der Waals surface area (Å²) in [7, 11) is 0. The summed E-state index contributed by atoms with van der Waals surface area (Å²) in [5.74, 6) is 0.582. The molecule has 0 aliphatic heterocycles. The van der Waals surface area contributed by atoms with Crippen molar-refractivity contribution in [1.82, 2.24) is 4.98 Å². The van der Waals surface area contributed by atoms with E-state index < -0.39 is 0 Å². The third-order valence-electron chi connectivity index (χ3n) is 2.98. The molecule has 0 saturated carbocycles. The van der Waals surface area contributed by atoms with Crippen LogP contribution in [-0.4, -0.2) is 4.98 Å².